The first kappa shape index (κ1) is 18.7. The van der Waals surface area contributed by atoms with E-state index >= 15 is 0 Å². The first-order valence-corrected chi connectivity index (χ1v) is 10.7. The minimum absolute atomic E-state index is 0.0259. The number of aromatic nitrogens is 1. The lowest BCUT2D eigenvalue weighted by atomic mass is 10.2. The van der Waals surface area contributed by atoms with Gasteiger partial charge in [-0.2, -0.15) is 0 Å². The number of carbonyl (C=O) groups excluding carboxylic acids is 1. The largest absolute Gasteiger partial charge is 0.302 e. The van der Waals surface area contributed by atoms with E-state index < -0.39 is 0 Å². The predicted octanol–water partition coefficient (Wildman–Crippen LogP) is 4.69. The molecule has 1 aromatic heterocycles. The molecule has 1 aliphatic rings. The maximum Gasteiger partial charge on any atom is 0.226 e. The van der Waals surface area contributed by atoms with Gasteiger partial charge in [0.25, 0.3) is 0 Å². The fourth-order valence-corrected chi connectivity index (χ4v) is 4.83. The van der Waals surface area contributed by atoms with E-state index in [0.29, 0.717) is 6.42 Å². The van der Waals surface area contributed by atoms with Gasteiger partial charge >= 0.3 is 0 Å². The third-order valence-electron chi connectivity index (χ3n) is 4.01. The maximum atomic E-state index is 12.1. The number of thiazole rings is 1. The van der Waals surface area contributed by atoms with Crippen molar-refractivity contribution in [2.45, 2.75) is 37.6 Å². The molecule has 1 aliphatic heterocycles. The van der Waals surface area contributed by atoms with Crippen LogP contribution in [0.2, 0.25) is 5.02 Å². The molecule has 0 atom stereocenters. The van der Waals surface area contributed by atoms with Gasteiger partial charge in [0, 0.05) is 46.5 Å². The van der Waals surface area contributed by atoms with Gasteiger partial charge in [-0.15, -0.1) is 23.1 Å². The zero-order valence-corrected chi connectivity index (χ0v) is 16.6. The van der Waals surface area contributed by atoms with Crippen LogP contribution in [-0.4, -0.2) is 34.6 Å². The van der Waals surface area contributed by atoms with Crippen molar-refractivity contribution < 1.29 is 4.79 Å². The van der Waals surface area contributed by atoms with Crippen LogP contribution < -0.4 is 5.32 Å². The molecule has 0 unspecified atom stereocenters. The Labute approximate surface area is 162 Å². The Kier molecular flexibility index (Phi) is 6.76. The van der Waals surface area contributed by atoms with E-state index in [2.05, 4.69) is 22.1 Å². The highest BCUT2D eigenvalue weighted by Gasteiger charge is 2.20. The van der Waals surface area contributed by atoms with E-state index in [1.165, 1.54) is 11.3 Å². The van der Waals surface area contributed by atoms with Crippen LogP contribution in [0.1, 0.15) is 30.3 Å². The highest BCUT2D eigenvalue weighted by Crippen LogP contribution is 2.28. The van der Waals surface area contributed by atoms with Crippen molar-refractivity contribution in [3.05, 3.63) is 39.9 Å². The van der Waals surface area contributed by atoms with Gasteiger partial charge in [0.15, 0.2) is 5.13 Å². The molecule has 134 valence electrons. The predicted molar refractivity (Wildman–Crippen MR) is 107 cm³/mol. The Morgan fingerprint density at radius 1 is 1.40 bits per heavy atom. The Morgan fingerprint density at radius 3 is 2.96 bits per heavy atom. The number of nitrogens with one attached hydrogen (secondary N) is 1. The second-order valence-corrected chi connectivity index (χ2v) is 8.70. The quantitative estimate of drug-likeness (QED) is 0.691. The van der Waals surface area contributed by atoms with Crippen LogP contribution in [0.5, 0.6) is 0 Å². The molecule has 0 bridgehead atoms. The van der Waals surface area contributed by atoms with Gasteiger partial charge in [0.2, 0.25) is 5.91 Å². The number of carbonyl (C=O) groups is 1. The molecule has 3 rings (SSSR count). The van der Waals surface area contributed by atoms with E-state index in [1.807, 2.05) is 24.3 Å². The molecule has 0 saturated carbocycles. The molecule has 0 saturated heterocycles. The van der Waals surface area contributed by atoms with Crippen LogP contribution >= 0.6 is 34.7 Å². The Morgan fingerprint density at radius 2 is 2.20 bits per heavy atom. The van der Waals surface area contributed by atoms with E-state index in [4.69, 9.17) is 11.6 Å². The maximum absolute atomic E-state index is 12.1. The second kappa shape index (κ2) is 9.03. The van der Waals surface area contributed by atoms with Crippen molar-refractivity contribution in [3.63, 3.8) is 0 Å². The molecule has 7 heteroatoms. The van der Waals surface area contributed by atoms with Gasteiger partial charge in [-0.25, -0.2) is 4.98 Å². The summed E-state index contributed by atoms with van der Waals surface area (Å²) in [6.07, 6.45) is 2.62. The number of thioether (sulfide) groups is 1. The highest BCUT2D eigenvalue weighted by atomic mass is 35.5. The summed E-state index contributed by atoms with van der Waals surface area (Å²) in [5.41, 5.74) is 1.16. The van der Waals surface area contributed by atoms with E-state index in [1.54, 1.807) is 23.1 Å². The number of nitrogens with zero attached hydrogens (tertiary/aromatic N) is 2. The van der Waals surface area contributed by atoms with Crippen molar-refractivity contribution in [3.8, 4) is 0 Å². The minimum atomic E-state index is 0.0259. The van der Waals surface area contributed by atoms with Crippen LogP contribution in [0.25, 0.3) is 0 Å². The van der Waals surface area contributed by atoms with Crippen LogP contribution in [0.15, 0.2) is 29.2 Å². The fourth-order valence-electron chi connectivity index (χ4n) is 2.78. The van der Waals surface area contributed by atoms with E-state index in [-0.39, 0.29) is 5.91 Å². The lowest BCUT2D eigenvalue weighted by Gasteiger charge is -2.24. The standard InChI is InChI=1S/C18H22ClN3OS2/c1-2-9-22-10-7-15-16(12-22)25-18(20-15)21-17(23)8-11-24-14-5-3-13(19)4-6-14/h3-6H,2,7-12H2,1H3,(H,20,21,23). The van der Waals surface area contributed by atoms with Gasteiger partial charge in [-0.05, 0) is 37.2 Å². The summed E-state index contributed by atoms with van der Waals surface area (Å²) < 4.78 is 0. The molecule has 2 heterocycles. The highest BCUT2D eigenvalue weighted by molar-refractivity contribution is 7.99. The van der Waals surface area contributed by atoms with Crippen LogP contribution in [0.4, 0.5) is 5.13 Å². The normalized spacial score (nSPS) is 14.3. The molecule has 4 nitrogen and oxygen atoms in total. The number of rotatable bonds is 7. The third kappa shape index (κ3) is 5.45. The molecule has 1 amide bonds. The Balaban J connectivity index is 1.46. The third-order valence-corrected chi connectivity index (χ3v) is 6.27. The molecule has 0 radical (unpaired) electrons. The van der Waals surface area contributed by atoms with Crippen molar-refractivity contribution in [2.75, 3.05) is 24.2 Å². The SMILES string of the molecule is CCCN1CCc2nc(NC(=O)CCSc3ccc(Cl)cc3)sc2C1. The molecule has 0 spiro atoms. The van der Waals surface area contributed by atoms with E-state index in [9.17, 15) is 4.79 Å². The molecular weight excluding hydrogens is 374 g/mol. The Bertz CT molecular complexity index is 718. The van der Waals surface area contributed by atoms with Crippen molar-refractivity contribution >= 4 is 45.7 Å². The molecule has 0 aliphatic carbocycles. The summed E-state index contributed by atoms with van der Waals surface area (Å²) in [7, 11) is 0. The van der Waals surface area contributed by atoms with Crippen LogP contribution in [0.3, 0.4) is 0 Å². The Hall–Kier alpha value is -1.08. The van der Waals surface area contributed by atoms with Gasteiger partial charge in [-0.3, -0.25) is 9.69 Å². The number of fused-ring (bicyclic) bond motifs is 1. The average Bonchev–Trinajstić information content (AvgIpc) is 2.98. The number of benzene rings is 1. The summed E-state index contributed by atoms with van der Waals surface area (Å²) >= 11 is 9.15. The molecule has 1 N–H and O–H groups in total. The summed E-state index contributed by atoms with van der Waals surface area (Å²) in [6.45, 7) is 5.36. The number of halogens is 1. The fraction of sp³-hybridized carbons (Fsp3) is 0.444. The van der Waals surface area contributed by atoms with Crippen molar-refractivity contribution in [2.24, 2.45) is 0 Å². The molecule has 0 fully saturated rings. The minimum Gasteiger partial charge on any atom is -0.302 e. The summed E-state index contributed by atoms with van der Waals surface area (Å²) in [6, 6.07) is 7.68. The van der Waals surface area contributed by atoms with Crippen LogP contribution in [-0.2, 0) is 17.8 Å². The topological polar surface area (TPSA) is 45.2 Å². The van der Waals surface area contributed by atoms with Gasteiger partial charge < -0.3 is 5.32 Å². The number of amides is 1. The summed E-state index contributed by atoms with van der Waals surface area (Å²) in [4.78, 5) is 21.6. The van der Waals surface area contributed by atoms with Gasteiger partial charge in [-0.1, -0.05) is 18.5 Å². The monoisotopic (exact) mass is 395 g/mol. The summed E-state index contributed by atoms with van der Waals surface area (Å²) in [5, 5.41) is 4.43. The molecule has 1 aromatic carbocycles. The average molecular weight is 396 g/mol. The van der Waals surface area contributed by atoms with Crippen LogP contribution in [0, 0.1) is 0 Å². The number of anilines is 1. The van der Waals surface area contributed by atoms with E-state index in [0.717, 1.165) is 52.6 Å². The first-order chi connectivity index (χ1) is 12.1. The number of hydrogen-bond donors (Lipinski definition) is 1. The summed E-state index contributed by atoms with van der Waals surface area (Å²) in [5.74, 6) is 0.765. The molecule has 25 heavy (non-hydrogen) atoms. The first-order valence-electron chi connectivity index (χ1n) is 8.53. The van der Waals surface area contributed by atoms with Crippen molar-refractivity contribution in [1.82, 2.24) is 9.88 Å². The smallest absolute Gasteiger partial charge is 0.226 e. The second-order valence-electron chi connectivity index (χ2n) is 6.02. The van der Waals surface area contributed by atoms with Gasteiger partial charge in [0.05, 0.1) is 5.69 Å². The zero-order chi connectivity index (χ0) is 17.6. The van der Waals surface area contributed by atoms with Crippen molar-refractivity contribution in [1.29, 1.82) is 0 Å². The zero-order valence-electron chi connectivity index (χ0n) is 14.3. The molecular formula is C18H22ClN3OS2. The lowest BCUT2D eigenvalue weighted by molar-refractivity contribution is -0.115. The lowest BCUT2D eigenvalue weighted by Crippen LogP contribution is -2.30. The van der Waals surface area contributed by atoms with Gasteiger partial charge in [0.1, 0.15) is 0 Å². The number of hydrogen-bond acceptors (Lipinski definition) is 5. The molecule has 2 aromatic rings.